The van der Waals surface area contributed by atoms with E-state index in [0.29, 0.717) is 0 Å². The molecule has 0 radical (unpaired) electrons. The Morgan fingerprint density at radius 1 is 1.53 bits per heavy atom. The van der Waals surface area contributed by atoms with Crippen molar-refractivity contribution in [3.05, 3.63) is 22.3 Å². The van der Waals surface area contributed by atoms with Crippen LogP contribution in [0.1, 0.15) is 10.4 Å². The van der Waals surface area contributed by atoms with Crippen molar-refractivity contribution in [1.82, 2.24) is 4.98 Å². The first-order valence-electron chi connectivity index (χ1n) is 3.67. The van der Waals surface area contributed by atoms with Gasteiger partial charge < -0.3 is 4.74 Å². The van der Waals surface area contributed by atoms with E-state index in [1.807, 2.05) is 0 Å². The summed E-state index contributed by atoms with van der Waals surface area (Å²) in [6.45, 7) is 0. The van der Waals surface area contributed by atoms with Gasteiger partial charge in [-0.25, -0.2) is 4.98 Å². The first kappa shape index (κ1) is 12.0. The molecule has 0 amide bonds. The lowest BCUT2D eigenvalue weighted by molar-refractivity contribution is -0.0886. The molecule has 7 heteroatoms. The van der Waals surface area contributed by atoms with Crippen LogP contribution in [0, 0.1) is 0 Å². The molecule has 3 nitrogen and oxygen atoms in total. The Kier molecular flexibility index (Phi) is 3.33. The lowest BCUT2D eigenvalue weighted by atomic mass is 10.2. The Hall–Kier alpha value is -1.11. The number of hydrogen-bond acceptors (Lipinski definition) is 3. The number of carbonyl (C=O) groups is 1. The van der Waals surface area contributed by atoms with Gasteiger partial charge >= 0.3 is 6.18 Å². The summed E-state index contributed by atoms with van der Waals surface area (Å²) < 4.78 is 41.2. The fourth-order valence-corrected chi connectivity index (χ4v) is 1.24. The maximum Gasteiger partial charge on any atom is 0.455 e. The predicted molar refractivity (Wildman–Crippen MR) is 48.9 cm³/mol. The maximum atomic E-state index is 12.1. The van der Waals surface area contributed by atoms with Gasteiger partial charge in [0.15, 0.2) is 0 Å². The molecule has 1 heterocycles. The van der Waals surface area contributed by atoms with E-state index in [1.165, 1.54) is 6.20 Å². The highest BCUT2D eigenvalue weighted by molar-refractivity contribution is 9.10. The normalized spacial score (nSPS) is 11.3. The van der Waals surface area contributed by atoms with Gasteiger partial charge in [0.25, 0.3) is 5.78 Å². The van der Waals surface area contributed by atoms with E-state index in [-0.39, 0.29) is 10.4 Å². The van der Waals surface area contributed by atoms with E-state index in [1.54, 1.807) is 0 Å². The van der Waals surface area contributed by atoms with E-state index in [2.05, 4.69) is 25.7 Å². The van der Waals surface area contributed by atoms with E-state index in [4.69, 9.17) is 0 Å². The molecule has 0 fully saturated rings. The number of ether oxygens (including phenoxy) is 1. The first-order valence-corrected chi connectivity index (χ1v) is 4.46. The van der Waals surface area contributed by atoms with Crippen LogP contribution >= 0.6 is 15.9 Å². The molecule has 0 unspecified atom stereocenters. The van der Waals surface area contributed by atoms with Gasteiger partial charge in [-0.2, -0.15) is 13.2 Å². The average Bonchev–Trinajstić information content (AvgIpc) is 2.15. The number of halogens is 4. The first-order chi connectivity index (χ1) is 6.86. The second-order valence-corrected chi connectivity index (χ2v) is 3.45. The fraction of sp³-hybridized carbons (Fsp3) is 0.250. The number of methoxy groups -OCH3 is 1. The van der Waals surface area contributed by atoms with Gasteiger partial charge in [0.05, 0.1) is 12.7 Å². The fourth-order valence-electron chi connectivity index (χ4n) is 0.905. The molecule has 0 aliphatic heterocycles. The van der Waals surface area contributed by atoms with Crippen LogP contribution in [0.4, 0.5) is 13.2 Å². The number of pyridine rings is 1. The molecule has 82 valence electrons. The molecular formula is C8H5BrF3NO2. The number of aromatic nitrogens is 1. The summed E-state index contributed by atoms with van der Waals surface area (Å²) in [6.07, 6.45) is -3.69. The molecule has 15 heavy (non-hydrogen) atoms. The van der Waals surface area contributed by atoms with Crippen molar-refractivity contribution in [2.45, 2.75) is 6.18 Å². The smallest absolute Gasteiger partial charge is 0.455 e. The van der Waals surface area contributed by atoms with Crippen molar-refractivity contribution in [1.29, 1.82) is 0 Å². The van der Waals surface area contributed by atoms with Gasteiger partial charge in [0.2, 0.25) is 5.88 Å². The van der Waals surface area contributed by atoms with E-state index >= 15 is 0 Å². The van der Waals surface area contributed by atoms with Crippen LogP contribution in [0.3, 0.4) is 0 Å². The molecule has 0 aliphatic carbocycles. The van der Waals surface area contributed by atoms with Crippen LogP contribution in [0.25, 0.3) is 0 Å². The van der Waals surface area contributed by atoms with Crippen molar-refractivity contribution >= 4 is 21.7 Å². The lowest BCUT2D eigenvalue weighted by Crippen LogP contribution is -2.23. The minimum absolute atomic E-state index is 0.274. The van der Waals surface area contributed by atoms with Gasteiger partial charge in [-0.15, -0.1) is 0 Å². The molecule has 0 atom stereocenters. The van der Waals surface area contributed by atoms with E-state index in [0.717, 1.165) is 13.2 Å². The third-order valence-corrected chi connectivity index (χ3v) is 1.95. The molecule has 1 aromatic rings. The van der Waals surface area contributed by atoms with Crippen molar-refractivity contribution in [2.24, 2.45) is 0 Å². The minimum Gasteiger partial charge on any atom is -0.480 e. The Morgan fingerprint density at radius 2 is 2.13 bits per heavy atom. The SMILES string of the molecule is COc1ncc(Br)cc1C(=O)C(F)(F)F. The van der Waals surface area contributed by atoms with Gasteiger partial charge in [0.1, 0.15) is 0 Å². The second kappa shape index (κ2) is 4.18. The van der Waals surface area contributed by atoms with Crippen molar-refractivity contribution in [3.8, 4) is 5.88 Å². The average molecular weight is 284 g/mol. The molecule has 0 aliphatic rings. The van der Waals surface area contributed by atoms with Crippen LogP contribution in [-0.2, 0) is 0 Å². The molecular weight excluding hydrogens is 279 g/mol. The molecule has 0 saturated heterocycles. The van der Waals surface area contributed by atoms with Gasteiger partial charge in [0, 0.05) is 10.7 Å². The summed E-state index contributed by atoms with van der Waals surface area (Å²) in [4.78, 5) is 14.5. The number of rotatable bonds is 2. The standard InChI is InChI=1S/C8H5BrF3NO2/c1-15-7-5(2-4(9)3-13-7)6(14)8(10,11)12/h2-3H,1H3. The number of alkyl halides is 3. The third kappa shape index (κ3) is 2.68. The van der Waals surface area contributed by atoms with Crippen molar-refractivity contribution in [2.75, 3.05) is 7.11 Å². The highest BCUT2D eigenvalue weighted by Gasteiger charge is 2.41. The van der Waals surface area contributed by atoms with Gasteiger partial charge in [-0.3, -0.25) is 4.79 Å². The number of nitrogens with zero attached hydrogens (tertiary/aromatic N) is 1. The maximum absolute atomic E-state index is 12.1. The summed E-state index contributed by atoms with van der Waals surface area (Å²) >= 11 is 2.92. The van der Waals surface area contributed by atoms with E-state index < -0.39 is 17.5 Å². The number of hydrogen-bond donors (Lipinski definition) is 0. The lowest BCUT2D eigenvalue weighted by Gasteiger charge is -2.08. The second-order valence-electron chi connectivity index (χ2n) is 2.54. The molecule has 0 N–H and O–H groups in total. The molecule has 1 rings (SSSR count). The molecule has 0 aromatic carbocycles. The van der Waals surface area contributed by atoms with Crippen LogP contribution in [0.15, 0.2) is 16.7 Å². The van der Waals surface area contributed by atoms with Crippen LogP contribution < -0.4 is 4.74 Å². The minimum atomic E-state index is -4.93. The Morgan fingerprint density at radius 3 is 2.60 bits per heavy atom. The Labute approximate surface area is 91.4 Å². The largest absolute Gasteiger partial charge is 0.480 e. The highest BCUT2D eigenvalue weighted by Crippen LogP contribution is 2.27. The Bertz CT molecular complexity index is 392. The summed E-state index contributed by atoms with van der Waals surface area (Å²) in [5.41, 5.74) is -0.612. The Balaban J connectivity index is 3.23. The zero-order valence-corrected chi connectivity index (χ0v) is 9.02. The van der Waals surface area contributed by atoms with Crippen LogP contribution in [-0.4, -0.2) is 24.1 Å². The zero-order chi connectivity index (χ0) is 11.6. The summed E-state index contributed by atoms with van der Waals surface area (Å²) in [7, 11) is 1.14. The molecule has 1 aromatic heterocycles. The van der Waals surface area contributed by atoms with Gasteiger partial charge in [-0.05, 0) is 22.0 Å². The molecule has 0 spiro atoms. The van der Waals surface area contributed by atoms with Crippen molar-refractivity contribution < 1.29 is 22.7 Å². The molecule has 0 saturated carbocycles. The van der Waals surface area contributed by atoms with Gasteiger partial charge in [-0.1, -0.05) is 0 Å². The monoisotopic (exact) mass is 283 g/mol. The zero-order valence-electron chi connectivity index (χ0n) is 7.43. The summed E-state index contributed by atoms with van der Waals surface area (Å²) in [5.74, 6) is -2.33. The number of ketones is 1. The number of Topliss-reactive ketones (excluding diaryl/α,β-unsaturated/α-hetero) is 1. The third-order valence-electron chi connectivity index (χ3n) is 1.51. The highest BCUT2D eigenvalue weighted by atomic mass is 79.9. The quantitative estimate of drug-likeness (QED) is 0.783. The predicted octanol–water partition coefficient (Wildman–Crippen LogP) is 2.60. The summed E-state index contributed by atoms with van der Waals surface area (Å²) in [6, 6.07) is 1.02. The van der Waals surface area contributed by atoms with E-state index in [9.17, 15) is 18.0 Å². The molecule has 0 bridgehead atoms. The summed E-state index contributed by atoms with van der Waals surface area (Å²) in [5, 5.41) is 0. The number of carbonyl (C=O) groups excluding carboxylic acids is 1. The van der Waals surface area contributed by atoms with Crippen LogP contribution in [0.5, 0.6) is 5.88 Å². The van der Waals surface area contributed by atoms with Crippen LogP contribution in [0.2, 0.25) is 0 Å². The topological polar surface area (TPSA) is 39.2 Å². The van der Waals surface area contributed by atoms with Crippen molar-refractivity contribution in [3.63, 3.8) is 0 Å².